The number of aromatic nitrogens is 1. The molecule has 0 spiro atoms. The van der Waals surface area contributed by atoms with E-state index in [1.54, 1.807) is 12.4 Å². The quantitative estimate of drug-likeness (QED) is 0.809. The highest BCUT2D eigenvalue weighted by molar-refractivity contribution is 5.76. The Morgan fingerprint density at radius 2 is 2.10 bits per heavy atom. The van der Waals surface area contributed by atoms with Gasteiger partial charge in [-0.05, 0) is 37.5 Å². The van der Waals surface area contributed by atoms with E-state index in [0.29, 0.717) is 6.42 Å². The SMILES string of the molecule is CCO[C@H]1C[C@@H](N(C)C(=O)CCc2ccncc2)C1(C)C. The third-order valence-corrected chi connectivity index (χ3v) is 4.73. The molecule has 0 bridgehead atoms. The lowest BCUT2D eigenvalue weighted by molar-refractivity contribution is -0.163. The first-order valence-electron chi connectivity index (χ1n) is 7.73. The van der Waals surface area contributed by atoms with Gasteiger partial charge in [0.15, 0.2) is 0 Å². The van der Waals surface area contributed by atoms with E-state index in [2.05, 4.69) is 18.8 Å². The highest BCUT2D eigenvalue weighted by Crippen LogP contribution is 2.45. The molecule has 1 fully saturated rings. The fourth-order valence-corrected chi connectivity index (χ4v) is 3.16. The second kappa shape index (κ2) is 6.56. The number of hydrogen-bond donors (Lipinski definition) is 0. The van der Waals surface area contributed by atoms with Crippen molar-refractivity contribution in [3.8, 4) is 0 Å². The van der Waals surface area contributed by atoms with Crippen LogP contribution in [-0.4, -0.2) is 41.6 Å². The van der Waals surface area contributed by atoms with Gasteiger partial charge in [0, 0.05) is 43.9 Å². The fraction of sp³-hybridized carbons (Fsp3) is 0.647. The molecular weight excluding hydrogens is 264 g/mol. The summed E-state index contributed by atoms with van der Waals surface area (Å²) in [6, 6.07) is 4.20. The zero-order valence-electron chi connectivity index (χ0n) is 13.5. The van der Waals surface area contributed by atoms with Crippen molar-refractivity contribution in [2.24, 2.45) is 5.41 Å². The Bertz CT molecular complexity index is 473. The summed E-state index contributed by atoms with van der Waals surface area (Å²) in [5, 5.41) is 0. The van der Waals surface area contributed by atoms with E-state index in [1.165, 1.54) is 0 Å². The molecular formula is C17H26N2O2. The Balaban J connectivity index is 1.86. The van der Waals surface area contributed by atoms with E-state index in [9.17, 15) is 4.79 Å². The molecule has 0 aliphatic heterocycles. The molecule has 0 aromatic carbocycles. The summed E-state index contributed by atoms with van der Waals surface area (Å²) in [6.45, 7) is 7.13. The molecule has 2 rings (SSSR count). The lowest BCUT2D eigenvalue weighted by atomic mass is 9.63. The summed E-state index contributed by atoms with van der Waals surface area (Å²) in [6.07, 6.45) is 6.07. The van der Waals surface area contributed by atoms with Crippen molar-refractivity contribution in [2.75, 3.05) is 13.7 Å². The van der Waals surface area contributed by atoms with Gasteiger partial charge in [0.2, 0.25) is 5.91 Å². The number of aryl methyl sites for hydroxylation is 1. The minimum Gasteiger partial charge on any atom is -0.378 e. The number of ether oxygens (including phenoxy) is 1. The Morgan fingerprint density at radius 3 is 2.67 bits per heavy atom. The van der Waals surface area contributed by atoms with E-state index in [-0.39, 0.29) is 23.5 Å². The highest BCUT2D eigenvalue weighted by atomic mass is 16.5. The summed E-state index contributed by atoms with van der Waals surface area (Å²) in [7, 11) is 1.92. The van der Waals surface area contributed by atoms with E-state index in [0.717, 1.165) is 25.0 Å². The van der Waals surface area contributed by atoms with Gasteiger partial charge in [-0.2, -0.15) is 0 Å². The van der Waals surface area contributed by atoms with Crippen molar-refractivity contribution in [1.82, 2.24) is 9.88 Å². The molecule has 1 aromatic heterocycles. The second-order valence-electron chi connectivity index (χ2n) is 6.38. The minimum atomic E-state index is 0.0388. The first-order chi connectivity index (χ1) is 9.96. The number of hydrogen-bond acceptors (Lipinski definition) is 3. The van der Waals surface area contributed by atoms with Crippen LogP contribution in [0.5, 0.6) is 0 Å². The number of nitrogens with zero attached hydrogens (tertiary/aromatic N) is 2. The predicted molar refractivity (Wildman–Crippen MR) is 82.9 cm³/mol. The van der Waals surface area contributed by atoms with Crippen LogP contribution in [0.4, 0.5) is 0 Å². The Labute approximate surface area is 127 Å². The topological polar surface area (TPSA) is 42.4 Å². The van der Waals surface area contributed by atoms with Crippen LogP contribution < -0.4 is 0 Å². The van der Waals surface area contributed by atoms with Gasteiger partial charge in [-0.1, -0.05) is 13.8 Å². The number of rotatable bonds is 6. The molecule has 4 heteroatoms. The molecule has 0 unspecified atom stereocenters. The second-order valence-corrected chi connectivity index (χ2v) is 6.38. The van der Waals surface area contributed by atoms with Gasteiger partial charge < -0.3 is 9.64 Å². The molecule has 1 saturated carbocycles. The molecule has 1 aliphatic carbocycles. The van der Waals surface area contributed by atoms with Gasteiger partial charge in [-0.3, -0.25) is 9.78 Å². The zero-order valence-corrected chi connectivity index (χ0v) is 13.5. The molecule has 1 amide bonds. The Hall–Kier alpha value is -1.42. The van der Waals surface area contributed by atoms with Crippen LogP contribution in [0, 0.1) is 5.41 Å². The normalized spacial score (nSPS) is 23.4. The van der Waals surface area contributed by atoms with Crippen molar-refractivity contribution in [3.05, 3.63) is 30.1 Å². The van der Waals surface area contributed by atoms with Crippen LogP contribution in [0.1, 0.15) is 39.2 Å². The van der Waals surface area contributed by atoms with Crippen LogP contribution in [-0.2, 0) is 16.0 Å². The molecule has 1 aromatic rings. The van der Waals surface area contributed by atoms with E-state index >= 15 is 0 Å². The maximum Gasteiger partial charge on any atom is 0.222 e. The monoisotopic (exact) mass is 290 g/mol. The average molecular weight is 290 g/mol. The van der Waals surface area contributed by atoms with Crippen molar-refractivity contribution in [1.29, 1.82) is 0 Å². The van der Waals surface area contributed by atoms with Gasteiger partial charge in [-0.25, -0.2) is 0 Å². The third-order valence-electron chi connectivity index (χ3n) is 4.73. The van der Waals surface area contributed by atoms with E-state index in [4.69, 9.17) is 4.74 Å². The summed E-state index contributed by atoms with van der Waals surface area (Å²) in [4.78, 5) is 18.3. The zero-order chi connectivity index (χ0) is 15.5. The van der Waals surface area contributed by atoms with Crippen LogP contribution >= 0.6 is 0 Å². The average Bonchev–Trinajstić information content (AvgIpc) is 2.49. The number of amides is 1. The van der Waals surface area contributed by atoms with Gasteiger partial charge in [0.1, 0.15) is 0 Å². The van der Waals surface area contributed by atoms with Crippen molar-refractivity contribution >= 4 is 5.91 Å². The Kier molecular flexibility index (Phi) is 4.99. The smallest absolute Gasteiger partial charge is 0.222 e. The molecule has 1 heterocycles. The van der Waals surface area contributed by atoms with Crippen molar-refractivity contribution in [2.45, 2.75) is 52.2 Å². The van der Waals surface area contributed by atoms with Gasteiger partial charge in [-0.15, -0.1) is 0 Å². The lowest BCUT2D eigenvalue weighted by Crippen LogP contribution is -2.62. The molecule has 21 heavy (non-hydrogen) atoms. The molecule has 4 nitrogen and oxygen atoms in total. The highest BCUT2D eigenvalue weighted by Gasteiger charge is 2.51. The minimum absolute atomic E-state index is 0.0388. The summed E-state index contributed by atoms with van der Waals surface area (Å²) >= 11 is 0. The van der Waals surface area contributed by atoms with Crippen molar-refractivity contribution < 1.29 is 9.53 Å². The van der Waals surface area contributed by atoms with Gasteiger partial charge in [0.25, 0.3) is 0 Å². The first kappa shape index (κ1) is 16.0. The van der Waals surface area contributed by atoms with Crippen LogP contribution in [0.2, 0.25) is 0 Å². The maximum atomic E-state index is 12.4. The van der Waals surface area contributed by atoms with Gasteiger partial charge >= 0.3 is 0 Å². The van der Waals surface area contributed by atoms with E-state index < -0.39 is 0 Å². The molecule has 0 N–H and O–H groups in total. The largest absolute Gasteiger partial charge is 0.378 e. The summed E-state index contributed by atoms with van der Waals surface area (Å²) in [5.41, 5.74) is 1.20. The molecule has 116 valence electrons. The number of pyridine rings is 1. The van der Waals surface area contributed by atoms with Crippen LogP contribution in [0.3, 0.4) is 0 Å². The maximum absolute atomic E-state index is 12.4. The fourth-order valence-electron chi connectivity index (χ4n) is 3.16. The summed E-state index contributed by atoms with van der Waals surface area (Å²) in [5.74, 6) is 0.208. The molecule has 2 atom stereocenters. The van der Waals surface area contributed by atoms with Crippen LogP contribution in [0.15, 0.2) is 24.5 Å². The van der Waals surface area contributed by atoms with Crippen molar-refractivity contribution in [3.63, 3.8) is 0 Å². The number of carbonyl (C=O) groups excluding carboxylic acids is 1. The van der Waals surface area contributed by atoms with E-state index in [1.807, 2.05) is 31.0 Å². The first-order valence-corrected chi connectivity index (χ1v) is 7.73. The number of carbonyl (C=O) groups is 1. The molecule has 1 aliphatic rings. The lowest BCUT2D eigenvalue weighted by Gasteiger charge is -2.54. The standard InChI is InChI=1S/C17H26N2O2/c1-5-21-15-12-14(17(15,2)3)19(4)16(20)7-6-13-8-10-18-11-9-13/h8-11,14-15H,5-7,12H2,1-4H3/t14-,15+/m1/s1. The van der Waals surface area contributed by atoms with Crippen LogP contribution in [0.25, 0.3) is 0 Å². The Morgan fingerprint density at radius 1 is 1.43 bits per heavy atom. The van der Waals surface area contributed by atoms with Gasteiger partial charge in [0.05, 0.1) is 6.10 Å². The molecule has 0 saturated heterocycles. The molecule has 0 radical (unpaired) electrons. The summed E-state index contributed by atoms with van der Waals surface area (Å²) < 4.78 is 5.74. The predicted octanol–water partition coefficient (Wildman–Crippen LogP) is 2.68. The third kappa shape index (κ3) is 3.43.